The first kappa shape index (κ1) is 17.9. The number of carbonyl (C=O) groups excluding carboxylic acids is 2. The van der Waals surface area contributed by atoms with Gasteiger partial charge in [0, 0.05) is 23.9 Å². The van der Waals surface area contributed by atoms with Crippen molar-refractivity contribution in [1.82, 2.24) is 4.90 Å². The molecule has 2 aromatic rings. The Morgan fingerprint density at radius 2 is 1.78 bits per heavy atom. The van der Waals surface area contributed by atoms with E-state index in [9.17, 15) is 9.59 Å². The van der Waals surface area contributed by atoms with E-state index in [0.717, 1.165) is 30.4 Å². The van der Waals surface area contributed by atoms with Crippen LogP contribution in [0.1, 0.15) is 47.2 Å². The maximum absolute atomic E-state index is 13.0. The molecule has 0 radical (unpaired) electrons. The van der Waals surface area contributed by atoms with Crippen LogP contribution in [-0.4, -0.2) is 28.9 Å². The number of benzene rings is 2. The number of fused-ring (bicyclic) bond motifs is 1. The number of carbonyl (C=O) groups is 2. The van der Waals surface area contributed by atoms with E-state index in [1.165, 1.54) is 4.90 Å². The van der Waals surface area contributed by atoms with Crippen LogP contribution in [0.4, 0.5) is 0 Å². The lowest BCUT2D eigenvalue weighted by Crippen LogP contribution is -2.51. The predicted molar refractivity (Wildman–Crippen MR) is 103 cm³/mol. The molecule has 3 atom stereocenters. The van der Waals surface area contributed by atoms with E-state index < -0.39 is 0 Å². The van der Waals surface area contributed by atoms with Crippen LogP contribution in [0.2, 0.25) is 0 Å². The van der Waals surface area contributed by atoms with Gasteiger partial charge in [-0.2, -0.15) is 0 Å². The number of imide groups is 1. The predicted octanol–water partition coefficient (Wildman–Crippen LogP) is 4.12. The second-order valence-corrected chi connectivity index (χ2v) is 7.62. The van der Waals surface area contributed by atoms with Crippen molar-refractivity contribution in [2.45, 2.75) is 51.4 Å². The van der Waals surface area contributed by atoms with E-state index in [-0.39, 0.29) is 29.9 Å². The molecule has 1 aliphatic heterocycles. The molecule has 140 valence electrons. The van der Waals surface area contributed by atoms with Crippen LogP contribution >= 0.6 is 0 Å². The van der Waals surface area contributed by atoms with Gasteiger partial charge in [0.2, 0.25) is 5.91 Å². The third-order valence-electron chi connectivity index (χ3n) is 5.83. The lowest BCUT2D eigenvalue weighted by Gasteiger charge is -2.37. The van der Waals surface area contributed by atoms with Gasteiger partial charge in [-0.25, -0.2) is 0 Å². The number of piperidine rings is 1. The highest BCUT2D eigenvalue weighted by Crippen LogP contribution is 2.40. The SMILES string of the molecule is Cc1ccc(C(=O)N2C(=O)CCC3C(OCc4ccccc4)CCC32)cc1. The zero-order valence-corrected chi connectivity index (χ0v) is 15.6. The molecule has 2 aromatic carbocycles. The van der Waals surface area contributed by atoms with E-state index in [2.05, 4.69) is 12.1 Å². The summed E-state index contributed by atoms with van der Waals surface area (Å²) in [4.78, 5) is 27.1. The van der Waals surface area contributed by atoms with Crippen LogP contribution in [0, 0.1) is 12.8 Å². The Morgan fingerprint density at radius 1 is 1.04 bits per heavy atom. The third-order valence-corrected chi connectivity index (χ3v) is 5.83. The zero-order chi connectivity index (χ0) is 18.8. The summed E-state index contributed by atoms with van der Waals surface area (Å²) in [5.74, 6) is 0.0183. The van der Waals surface area contributed by atoms with Gasteiger partial charge in [0.1, 0.15) is 0 Å². The fourth-order valence-electron chi connectivity index (χ4n) is 4.39. The average Bonchev–Trinajstić information content (AvgIpc) is 3.10. The molecule has 1 aliphatic carbocycles. The smallest absolute Gasteiger partial charge is 0.260 e. The van der Waals surface area contributed by atoms with Crippen LogP contribution < -0.4 is 0 Å². The van der Waals surface area contributed by atoms with Crippen molar-refractivity contribution in [2.24, 2.45) is 5.92 Å². The van der Waals surface area contributed by atoms with Crippen molar-refractivity contribution in [1.29, 1.82) is 0 Å². The van der Waals surface area contributed by atoms with Gasteiger partial charge in [-0.3, -0.25) is 14.5 Å². The summed E-state index contributed by atoms with van der Waals surface area (Å²) < 4.78 is 6.19. The highest BCUT2D eigenvalue weighted by molar-refractivity contribution is 6.05. The van der Waals surface area contributed by atoms with Crippen molar-refractivity contribution >= 4 is 11.8 Å². The van der Waals surface area contributed by atoms with Crippen molar-refractivity contribution in [2.75, 3.05) is 0 Å². The summed E-state index contributed by atoms with van der Waals surface area (Å²) in [5.41, 5.74) is 2.84. The van der Waals surface area contributed by atoms with Gasteiger partial charge in [0.25, 0.3) is 5.91 Å². The lowest BCUT2D eigenvalue weighted by molar-refractivity contribution is -0.135. The van der Waals surface area contributed by atoms with Crippen LogP contribution in [0.25, 0.3) is 0 Å². The molecule has 2 aliphatic rings. The number of hydrogen-bond acceptors (Lipinski definition) is 3. The Bertz CT molecular complexity index is 815. The highest BCUT2D eigenvalue weighted by Gasteiger charge is 2.47. The molecule has 1 heterocycles. The van der Waals surface area contributed by atoms with Gasteiger partial charge in [0.05, 0.1) is 12.7 Å². The summed E-state index contributed by atoms with van der Waals surface area (Å²) >= 11 is 0. The Labute approximate surface area is 160 Å². The van der Waals surface area contributed by atoms with Gasteiger partial charge < -0.3 is 4.74 Å². The third kappa shape index (κ3) is 3.67. The first-order chi connectivity index (χ1) is 13.1. The summed E-state index contributed by atoms with van der Waals surface area (Å²) in [5, 5.41) is 0. The van der Waals surface area contributed by atoms with Crippen molar-refractivity contribution in [3.8, 4) is 0 Å². The molecule has 2 fully saturated rings. The molecule has 4 rings (SSSR count). The Morgan fingerprint density at radius 3 is 2.52 bits per heavy atom. The molecule has 0 N–H and O–H groups in total. The fraction of sp³-hybridized carbons (Fsp3) is 0.391. The molecule has 0 spiro atoms. The van der Waals surface area contributed by atoms with Gasteiger partial charge in [-0.1, -0.05) is 48.0 Å². The van der Waals surface area contributed by atoms with Crippen molar-refractivity contribution < 1.29 is 14.3 Å². The minimum atomic E-state index is -0.168. The second-order valence-electron chi connectivity index (χ2n) is 7.62. The number of aryl methyl sites for hydroxylation is 1. The number of ether oxygens (including phenoxy) is 1. The number of rotatable bonds is 4. The maximum Gasteiger partial charge on any atom is 0.260 e. The van der Waals surface area contributed by atoms with Crippen molar-refractivity contribution in [3.63, 3.8) is 0 Å². The molecular formula is C23H25NO3. The molecule has 4 nitrogen and oxygen atoms in total. The molecule has 1 saturated carbocycles. The van der Waals surface area contributed by atoms with Crippen molar-refractivity contribution in [3.05, 3.63) is 71.3 Å². The minimum absolute atomic E-state index is 0.0409. The Hall–Kier alpha value is -2.46. The minimum Gasteiger partial charge on any atom is -0.373 e. The number of amides is 2. The van der Waals surface area contributed by atoms with E-state index in [1.54, 1.807) is 0 Å². The molecule has 3 unspecified atom stereocenters. The van der Waals surface area contributed by atoms with E-state index in [1.807, 2.05) is 49.4 Å². The van der Waals surface area contributed by atoms with E-state index in [0.29, 0.717) is 18.6 Å². The average molecular weight is 363 g/mol. The summed E-state index contributed by atoms with van der Waals surface area (Å²) in [7, 11) is 0. The molecule has 27 heavy (non-hydrogen) atoms. The summed E-state index contributed by atoms with van der Waals surface area (Å²) in [6.07, 6.45) is 3.06. The van der Waals surface area contributed by atoms with Crippen LogP contribution in [0.15, 0.2) is 54.6 Å². The number of likely N-dealkylation sites (tertiary alicyclic amines) is 1. The second kappa shape index (κ2) is 7.65. The van der Waals surface area contributed by atoms with Crippen LogP contribution in [0.5, 0.6) is 0 Å². The van der Waals surface area contributed by atoms with Crippen LogP contribution in [-0.2, 0) is 16.1 Å². The Kier molecular flexibility index (Phi) is 5.08. The molecule has 0 aromatic heterocycles. The molecule has 2 amide bonds. The van der Waals surface area contributed by atoms with E-state index in [4.69, 9.17) is 4.74 Å². The largest absolute Gasteiger partial charge is 0.373 e. The molecule has 1 saturated heterocycles. The first-order valence-electron chi connectivity index (χ1n) is 9.72. The summed E-state index contributed by atoms with van der Waals surface area (Å²) in [6.45, 7) is 2.57. The fourth-order valence-corrected chi connectivity index (χ4v) is 4.39. The summed E-state index contributed by atoms with van der Waals surface area (Å²) in [6, 6.07) is 17.6. The maximum atomic E-state index is 13.0. The zero-order valence-electron chi connectivity index (χ0n) is 15.6. The topological polar surface area (TPSA) is 46.6 Å². The first-order valence-corrected chi connectivity index (χ1v) is 9.72. The van der Waals surface area contributed by atoms with Gasteiger partial charge >= 0.3 is 0 Å². The standard InChI is InChI=1S/C23H25NO3/c1-16-7-9-18(10-8-16)23(26)24-20-12-13-21(19(20)11-14-22(24)25)27-15-17-5-3-2-4-6-17/h2-10,19-21H,11-15H2,1H3. The normalized spacial score (nSPS) is 24.7. The van der Waals surface area contributed by atoms with E-state index >= 15 is 0 Å². The lowest BCUT2D eigenvalue weighted by atomic mass is 9.89. The molecule has 4 heteroatoms. The van der Waals surface area contributed by atoms with Gasteiger partial charge in [-0.15, -0.1) is 0 Å². The van der Waals surface area contributed by atoms with Gasteiger partial charge in [-0.05, 0) is 43.9 Å². The van der Waals surface area contributed by atoms with Gasteiger partial charge in [0.15, 0.2) is 0 Å². The highest BCUT2D eigenvalue weighted by atomic mass is 16.5. The quantitative estimate of drug-likeness (QED) is 0.768. The molecular weight excluding hydrogens is 338 g/mol. The van der Waals surface area contributed by atoms with Crippen LogP contribution in [0.3, 0.4) is 0 Å². The number of nitrogens with zero attached hydrogens (tertiary/aromatic N) is 1. The Balaban J connectivity index is 1.47. The molecule has 0 bridgehead atoms. The number of hydrogen-bond donors (Lipinski definition) is 0. The monoisotopic (exact) mass is 363 g/mol.